The molecule has 0 saturated carbocycles. The molecule has 1 atom stereocenters. The van der Waals surface area contributed by atoms with Crippen LogP contribution in [0, 0.1) is 5.82 Å². The van der Waals surface area contributed by atoms with Crippen LogP contribution in [-0.4, -0.2) is 35.0 Å². The van der Waals surface area contributed by atoms with Crippen LogP contribution in [0.1, 0.15) is 25.7 Å². The van der Waals surface area contributed by atoms with E-state index in [4.69, 9.17) is 4.74 Å². The van der Waals surface area contributed by atoms with Gasteiger partial charge in [-0.3, -0.25) is 4.68 Å². The maximum absolute atomic E-state index is 13.4. The number of urea groups is 1. The fraction of sp³-hybridized carbons (Fsp3) is 0.333. The van der Waals surface area contributed by atoms with E-state index in [1.54, 1.807) is 29.1 Å². The number of aryl methyl sites for hydroxylation is 1. The minimum absolute atomic E-state index is 0.380. The van der Waals surface area contributed by atoms with Crippen molar-refractivity contribution in [3.63, 3.8) is 0 Å². The lowest BCUT2D eigenvalue weighted by Gasteiger charge is -2.23. The van der Waals surface area contributed by atoms with Gasteiger partial charge in [-0.2, -0.15) is 5.10 Å². The predicted molar refractivity (Wildman–Crippen MR) is 123 cm³/mol. The van der Waals surface area contributed by atoms with Crippen LogP contribution in [0.15, 0.2) is 54.7 Å². The number of hydrogen-bond acceptors (Lipinski definition) is 4. The first-order chi connectivity index (χ1) is 15.6. The molecule has 168 valence electrons. The molecular formula is C24H28FN5O2. The van der Waals surface area contributed by atoms with Crippen molar-refractivity contribution >= 4 is 17.4 Å². The number of benzene rings is 2. The Bertz CT molecular complexity index is 1060. The zero-order valence-corrected chi connectivity index (χ0v) is 18.1. The number of nitrogens with zero attached hydrogens (tertiary/aromatic N) is 2. The molecule has 1 aromatic heterocycles. The van der Waals surface area contributed by atoms with Crippen molar-refractivity contribution in [2.45, 2.75) is 31.7 Å². The van der Waals surface area contributed by atoms with Gasteiger partial charge in [0.1, 0.15) is 11.6 Å². The lowest BCUT2D eigenvalue weighted by molar-refractivity contribution is 0.262. The van der Waals surface area contributed by atoms with Crippen LogP contribution in [-0.2, 0) is 7.05 Å². The molecular weight excluding hydrogens is 409 g/mol. The molecule has 4 rings (SSSR count). The number of halogens is 1. The van der Waals surface area contributed by atoms with Crippen LogP contribution in [0.2, 0.25) is 0 Å². The second-order valence-electron chi connectivity index (χ2n) is 7.92. The molecule has 1 unspecified atom stereocenters. The average Bonchev–Trinajstić information content (AvgIpc) is 3.21. The van der Waals surface area contributed by atoms with Gasteiger partial charge >= 0.3 is 6.03 Å². The number of piperidine rings is 1. The van der Waals surface area contributed by atoms with Gasteiger partial charge in [-0.25, -0.2) is 9.18 Å². The summed E-state index contributed by atoms with van der Waals surface area (Å²) in [6.07, 6.45) is 6.35. The van der Waals surface area contributed by atoms with Gasteiger partial charge in [0.15, 0.2) is 0 Å². The van der Waals surface area contributed by atoms with E-state index in [-0.39, 0.29) is 0 Å². The number of amides is 2. The van der Waals surface area contributed by atoms with Gasteiger partial charge in [0.25, 0.3) is 0 Å². The number of hydrogen-bond donors (Lipinski definition) is 3. The van der Waals surface area contributed by atoms with Gasteiger partial charge in [0.05, 0.1) is 12.3 Å². The number of nitrogens with one attached hydrogen (secondary N) is 3. The van der Waals surface area contributed by atoms with Crippen LogP contribution in [0.25, 0.3) is 11.3 Å². The van der Waals surface area contributed by atoms with Crippen molar-refractivity contribution in [2.75, 3.05) is 23.8 Å². The Morgan fingerprint density at radius 3 is 2.75 bits per heavy atom. The van der Waals surface area contributed by atoms with Gasteiger partial charge < -0.3 is 20.7 Å². The highest BCUT2D eigenvalue weighted by Crippen LogP contribution is 2.33. The number of aromatic nitrogens is 2. The van der Waals surface area contributed by atoms with Crippen LogP contribution in [0.4, 0.5) is 20.6 Å². The molecule has 1 aliphatic heterocycles. The molecule has 3 N–H and O–H groups in total. The number of carbonyl (C=O) groups is 1. The lowest BCUT2D eigenvalue weighted by atomic mass is 10.0. The molecule has 2 heterocycles. The Morgan fingerprint density at radius 2 is 2.03 bits per heavy atom. The molecule has 1 aliphatic rings. The first kappa shape index (κ1) is 21.8. The predicted octanol–water partition coefficient (Wildman–Crippen LogP) is 4.78. The molecule has 7 nitrogen and oxygen atoms in total. The average molecular weight is 438 g/mol. The van der Waals surface area contributed by atoms with Crippen molar-refractivity contribution in [2.24, 2.45) is 7.05 Å². The van der Waals surface area contributed by atoms with E-state index in [0.29, 0.717) is 24.0 Å². The van der Waals surface area contributed by atoms with Crippen LogP contribution in [0.3, 0.4) is 0 Å². The SMILES string of the molecule is Cn1nccc1-c1cc(NC(=O)Nc2cccc(F)c2)ccc1OCCC1CCCCN1. The molecule has 0 aliphatic carbocycles. The molecule has 2 amide bonds. The highest BCUT2D eigenvalue weighted by molar-refractivity contribution is 6.00. The van der Waals surface area contributed by atoms with E-state index in [1.165, 1.54) is 31.4 Å². The number of ether oxygens (including phenoxy) is 1. The summed E-state index contributed by atoms with van der Waals surface area (Å²) < 4.78 is 21.3. The van der Waals surface area contributed by atoms with E-state index >= 15 is 0 Å². The maximum atomic E-state index is 13.4. The summed E-state index contributed by atoms with van der Waals surface area (Å²) >= 11 is 0. The standard InChI is InChI=1S/C24H28FN5O2/c1-30-22(10-13-27-30)21-16-20(29-24(31)28-19-7-4-5-17(25)15-19)8-9-23(21)32-14-11-18-6-2-3-12-26-18/h4-5,7-10,13,15-16,18,26H,2-3,6,11-12,14H2,1H3,(H2,28,29,31). The normalized spacial score (nSPS) is 15.9. The molecule has 3 aromatic rings. The molecule has 32 heavy (non-hydrogen) atoms. The highest BCUT2D eigenvalue weighted by Gasteiger charge is 2.15. The molecule has 0 bridgehead atoms. The van der Waals surface area contributed by atoms with Crippen molar-refractivity contribution in [1.82, 2.24) is 15.1 Å². The third-order valence-corrected chi connectivity index (χ3v) is 5.55. The topological polar surface area (TPSA) is 80.2 Å². The van der Waals surface area contributed by atoms with E-state index in [2.05, 4.69) is 21.0 Å². The Kier molecular flexibility index (Phi) is 7.01. The molecule has 8 heteroatoms. The van der Waals surface area contributed by atoms with Crippen LogP contribution in [0.5, 0.6) is 5.75 Å². The maximum Gasteiger partial charge on any atom is 0.323 e. The second kappa shape index (κ2) is 10.3. The summed E-state index contributed by atoms with van der Waals surface area (Å²) in [7, 11) is 1.86. The lowest BCUT2D eigenvalue weighted by Crippen LogP contribution is -2.35. The summed E-state index contributed by atoms with van der Waals surface area (Å²) in [6, 6.07) is 13.2. The fourth-order valence-corrected chi connectivity index (χ4v) is 3.91. The minimum Gasteiger partial charge on any atom is -0.493 e. The third-order valence-electron chi connectivity index (χ3n) is 5.55. The Labute approximate surface area is 187 Å². The summed E-state index contributed by atoms with van der Waals surface area (Å²) in [5, 5.41) is 13.2. The summed E-state index contributed by atoms with van der Waals surface area (Å²) in [4.78, 5) is 12.4. The van der Waals surface area contributed by atoms with Crippen molar-refractivity contribution in [3.05, 3.63) is 60.5 Å². The van der Waals surface area contributed by atoms with Gasteiger partial charge in [0, 0.05) is 36.2 Å². The smallest absolute Gasteiger partial charge is 0.323 e. The zero-order valence-electron chi connectivity index (χ0n) is 18.1. The zero-order chi connectivity index (χ0) is 22.3. The monoisotopic (exact) mass is 437 g/mol. The van der Waals surface area contributed by atoms with Crippen molar-refractivity contribution in [3.8, 4) is 17.0 Å². The molecule has 1 fully saturated rings. The van der Waals surface area contributed by atoms with E-state index in [1.807, 2.05) is 25.2 Å². The van der Waals surface area contributed by atoms with Crippen LogP contribution >= 0.6 is 0 Å². The number of anilines is 2. The fourth-order valence-electron chi connectivity index (χ4n) is 3.91. The molecule has 2 aromatic carbocycles. The summed E-state index contributed by atoms with van der Waals surface area (Å²) in [5.74, 6) is 0.326. The van der Waals surface area contributed by atoms with E-state index in [9.17, 15) is 9.18 Å². The van der Waals surface area contributed by atoms with Gasteiger partial charge in [-0.05, 0) is 68.3 Å². The second-order valence-corrected chi connectivity index (χ2v) is 7.92. The van der Waals surface area contributed by atoms with Gasteiger partial charge in [-0.15, -0.1) is 0 Å². The Balaban J connectivity index is 1.46. The first-order valence-corrected chi connectivity index (χ1v) is 10.9. The Morgan fingerprint density at radius 1 is 1.19 bits per heavy atom. The Hall–Kier alpha value is -3.39. The first-order valence-electron chi connectivity index (χ1n) is 10.9. The largest absolute Gasteiger partial charge is 0.493 e. The molecule has 0 radical (unpaired) electrons. The number of carbonyl (C=O) groups excluding carboxylic acids is 1. The number of rotatable bonds is 7. The van der Waals surface area contributed by atoms with Crippen molar-refractivity contribution < 1.29 is 13.9 Å². The molecule has 1 saturated heterocycles. The minimum atomic E-state index is -0.455. The van der Waals surface area contributed by atoms with Gasteiger partial charge in [0.2, 0.25) is 0 Å². The quantitative estimate of drug-likeness (QED) is 0.497. The van der Waals surface area contributed by atoms with E-state index < -0.39 is 11.8 Å². The van der Waals surface area contributed by atoms with Crippen molar-refractivity contribution in [1.29, 1.82) is 0 Å². The summed E-state index contributed by atoms with van der Waals surface area (Å²) in [6.45, 7) is 1.68. The highest BCUT2D eigenvalue weighted by atomic mass is 19.1. The van der Waals surface area contributed by atoms with Gasteiger partial charge in [-0.1, -0.05) is 12.5 Å². The summed E-state index contributed by atoms with van der Waals surface area (Å²) in [5.41, 5.74) is 2.69. The van der Waals surface area contributed by atoms with Crippen LogP contribution < -0.4 is 20.7 Å². The van der Waals surface area contributed by atoms with E-state index in [0.717, 1.165) is 30.0 Å². The molecule has 0 spiro atoms. The third kappa shape index (κ3) is 5.64.